The first kappa shape index (κ1) is 38.1. The summed E-state index contributed by atoms with van der Waals surface area (Å²) in [6, 6.07) is 25.0. The van der Waals surface area contributed by atoms with Crippen LogP contribution in [0.5, 0.6) is 0 Å². The Morgan fingerprint density at radius 2 is 1.45 bits per heavy atom. The van der Waals surface area contributed by atoms with Gasteiger partial charge in [-0.2, -0.15) is 0 Å². The fourth-order valence-electron chi connectivity index (χ4n) is 4.77. The number of rotatable bonds is 20. The topological polar surface area (TPSA) is 83.1 Å². The molecule has 0 aliphatic carbocycles. The molecule has 0 aromatic heterocycles. The van der Waals surface area contributed by atoms with Crippen molar-refractivity contribution in [2.45, 2.75) is 91.1 Å². The number of ether oxygens (including phenoxy) is 3. The van der Waals surface area contributed by atoms with Crippen molar-refractivity contribution in [3.8, 4) is 11.1 Å². The van der Waals surface area contributed by atoms with Crippen LogP contribution in [0, 0.1) is 0 Å². The quantitative estimate of drug-likeness (QED) is 0.0964. The van der Waals surface area contributed by atoms with Gasteiger partial charge in [-0.1, -0.05) is 100 Å². The van der Waals surface area contributed by atoms with Crippen LogP contribution < -0.4 is 5.32 Å². The van der Waals surface area contributed by atoms with E-state index in [2.05, 4.69) is 88.6 Å². The second-order valence-corrected chi connectivity index (χ2v) is 18.3. The molecule has 0 aliphatic heterocycles. The average molecular weight is 662 g/mol. The Bertz CT molecular complexity index is 1370. The van der Waals surface area contributed by atoms with Crippen LogP contribution in [0.1, 0.15) is 69.2 Å². The zero-order chi connectivity index (χ0) is 34.1. The first-order valence-corrected chi connectivity index (χ1v) is 19.9. The Hall–Kier alpha value is -3.30. The highest BCUT2D eigenvalue weighted by Gasteiger charge is 2.37. The highest BCUT2D eigenvalue weighted by atomic mass is 28.4. The number of alkyl carbamates (subject to hydrolysis) is 1. The van der Waals surface area contributed by atoms with E-state index < -0.39 is 14.4 Å². The largest absolute Gasteiger partial charge is 0.445 e. The van der Waals surface area contributed by atoms with Crippen molar-refractivity contribution in [3.63, 3.8) is 0 Å². The van der Waals surface area contributed by atoms with Crippen molar-refractivity contribution in [1.82, 2.24) is 5.32 Å². The number of carbonyl (C=O) groups excluding carboxylic acids is 2. The molecule has 0 bridgehead atoms. The zero-order valence-electron chi connectivity index (χ0n) is 29.4. The highest BCUT2D eigenvalue weighted by Crippen LogP contribution is 2.37. The average Bonchev–Trinajstić information content (AvgIpc) is 3.06. The molecule has 0 saturated heterocycles. The van der Waals surface area contributed by atoms with Gasteiger partial charge in [0.15, 0.2) is 14.1 Å². The molecular formula is C39H55NO6Si. The van der Waals surface area contributed by atoms with Gasteiger partial charge in [-0.05, 0) is 77.2 Å². The third-order valence-corrected chi connectivity index (χ3v) is 13.3. The van der Waals surface area contributed by atoms with E-state index in [1.165, 1.54) is 27.8 Å². The maximum atomic E-state index is 12.3. The summed E-state index contributed by atoms with van der Waals surface area (Å²) in [5.74, 6) is 0.106. The van der Waals surface area contributed by atoms with Gasteiger partial charge in [-0.3, -0.25) is 4.79 Å². The first-order chi connectivity index (χ1) is 22.5. The van der Waals surface area contributed by atoms with Crippen LogP contribution in [0.3, 0.4) is 0 Å². The molecule has 0 fully saturated rings. The standard InChI is InChI=1S/C39H55NO6Si/c1-7-33-21-22-36(34-19-17-32(18-20-34)29-46-47(5,6)39(2,3)4)27-35(33)15-11-12-16-37(41)30-44-26-25-43-24-23-40-38(42)45-28-31-13-9-8-10-14-31/h8-10,13-14,17-22,27H,7,11-12,15-16,23-26,28-30H2,1-6H3,(H,40,42). The number of Topliss-reactive ketones (excluding diaryl/α,β-unsaturated/α-hetero) is 1. The number of hydrogen-bond acceptors (Lipinski definition) is 6. The van der Waals surface area contributed by atoms with Crippen LogP contribution in [-0.4, -0.2) is 53.2 Å². The van der Waals surface area contributed by atoms with Gasteiger partial charge < -0.3 is 24.0 Å². The van der Waals surface area contributed by atoms with Crippen molar-refractivity contribution in [2.75, 3.05) is 33.0 Å². The van der Waals surface area contributed by atoms with Crippen LogP contribution in [0.4, 0.5) is 4.79 Å². The van der Waals surface area contributed by atoms with Crippen LogP contribution in [0.15, 0.2) is 72.8 Å². The Labute approximate surface area is 283 Å². The molecule has 0 heterocycles. The number of hydrogen-bond donors (Lipinski definition) is 1. The molecule has 8 heteroatoms. The van der Waals surface area contributed by atoms with Crippen LogP contribution in [-0.2, 0) is 49.5 Å². The van der Waals surface area contributed by atoms with Crippen molar-refractivity contribution < 1.29 is 28.2 Å². The lowest BCUT2D eigenvalue weighted by atomic mass is 9.94. The molecule has 0 radical (unpaired) electrons. The minimum atomic E-state index is -1.78. The van der Waals surface area contributed by atoms with E-state index in [9.17, 15) is 9.59 Å². The third kappa shape index (κ3) is 13.8. The van der Waals surface area contributed by atoms with Gasteiger partial charge in [0.1, 0.15) is 13.2 Å². The lowest BCUT2D eigenvalue weighted by Crippen LogP contribution is -2.40. The summed E-state index contributed by atoms with van der Waals surface area (Å²) in [5, 5.41) is 2.85. The molecule has 3 aromatic rings. The van der Waals surface area contributed by atoms with E-state index >= 15 is 0 Å². The number of unbranched alkanes of at least 4 members (excludes halogenated alkanes) is 1. The summed E-state index contributed by atoms with van der Waals surface area (Å²) in [5.41, 5.74) is 7.29. The smallest absolute Gasteiger partial charge is 0.407 e. The number of benzene rings is 3. The Balaban J connectivity index is 1.29. The summed E-state index contributed by atoms with van der Waals surface area (Å²) >= 11 is 0. The van der Waals surface area contributed by atoms with Crippen molar-refractivity contribution in [1.29, 1.82) is 0 Å². The van der Waals surface area contributed by atoms with Gasteiger partial charge in [0.2, 0.25) is 0 Å². The number of amides is 1. The van der Waals surface area contributed by atoms with Crippen molar-refractivity contribution >= 4 is 20.2 Å². The zero-order valence-corrected chi connectivity index (χ0v) is 30.4. The predicted octanol–water partition coefficient (Wildman–Crippen LogP) is 8.68. The maximum Gasteiger partial charge on any atom is 0.407 e. The molecular weight excluding hydrogens is 607 g/mol. The fourth-order valence-corrected chi connectivity index (χ4v) is 5.73. The molecule has 0 saturated carbocycles. The fraction of sp³-hybridized carbons (Fsp3) is 0.487. The van der Waals surface area contributed by atoms with Gasteiger partial charge in [-0.25, -0.2) is 4.79 Å². The maximum absolute atomic E-state index is 12.3. The molecule has 0 atom stereocenters. The normalized spacial score (nSPS) is 11.8. The number of nitrogens with one attached hydrogen (secondary N) is 1. The Morgan fingerprint density at radius 3 is 2.15 bits per heavy atom. The van der Waals surface area contributed by atoms with Gasteiger partial charge in [-0.15, -0.1) is 0 Å². The molecule has 47 heavy (non-hydrogen) atoms. The minimum absolute atomic E-state index is 0.0973. The van der Waals surface area contributed by atoms with E-state index in [0.29, 0.717) is 39.4 Å². The molecule has 3 rings (SSSR count). The second kappa shape index (κ2) is 19.5. The predicted molar refractivity (Wildman–Crippen MR) is 192 cm³/mol. The number of ketones is 1. The van der Waals surface area contributed by atoms with E-state index in [-0.39, 0.29) is 24.0 Å². The molecule has 7 nitrogen and oxygen atoms in total. The molecule has 1 N–H and O–H groups in total. The SMILES string of the molecule is CCc1ccc(-c2ccc(CO[Si](C)(C)C(C)(C)C)cc2)cc1CCCCC(=O)COCCOCCNC(=O)OCc1ccccc1. The summed E-state index contributed by atoms with van der Waals surface area (Å²) < 4.78 is 22.5. The van der Waals surface area contributed by atoms with Gasteiger partial charge in [0.05, 0.1) is 26.4 Å². The van der Waals surface area contributed by atoms with Crippen LogP contribution >= 0.6 is 0 Å². The van der Waals surface area contributed by atoms with Gasteiger partial charge in [0, 0.05) is 13.0 Å². The molecule has 256 valence electrons. The molecule has 1 amide bonds. The summed E-state index contributed by atoms with van der Waals surface area (Å²) in [6.45, 7) is 15.9. The van der Waals surface area contributed by atoms with Gasteiger partial charge >= 0.3 is 6.09 Å². The third-order valence-electron chi connectivity index (χ3n) is 8.80. The number of carbonyl (C=O) groups is 2. The van der Waals surface area contributed by atoms with Crippen molar-refractivity contribution in [2.24, 2.45) is 0 Å². The van der Waals surface area contributed by atoms with Gasteiger partial charge in [0.25, 0.3) is 0 Å². The van der Waals surface area contributed by atoms with E-state index in [0.717, 1.165) is 31.2 Å². The Kier molecular flexibility index (Phi) is 15.8. The minimum Gasteiger partial charge on any atom is -0.445 e. The molecule has 0 aliphatic rings. The Morgan fingerprint density at radius 1 is 0.766 bits per heavy atom. The van der Waals surface area contributed by atoms with Crippen LogP contribution in [0.25, 0.3) is 11.1 Å². The summed E-state index contributed by atoms with van der Waals surface area (Å²) in [6.07, 6.45) is 3.76. The monoisotopic (exact) mass is 661 g/mol. The van der Waals surface area contributed by atoms with E-state index in [1.807, 2.05) is 30.3 Å². The number of aryl methyl sites for hydroxylation is 2. The summed E-state index contributed by atoms with van der Waals surface area (Å²) in [7, 11) is -1.78. The molecule has 3 aromatic carbocycles. The van der Waals surface area contributed by atoms with Crippen molar-refractivity contribution in [3.05, 3.63) is 95.1 Å². The molecule has 0 spiro atoms. The summed E-state index contributed by atoms with van der Waals surface area (Å²) in [4.78, 5) is 24.1. The highest BCUT2D eigenvalue weighted by molar-refractivity contribution is 6.74. The van der Waals surface area contributed by atoms with E-state index in [1.54, 1.807) is 0 Å². The van der Waals surface area contributed by atoms with Crippen LogP contribution in [0.2, 0.25) is 18.1 Å². The first-order valence-electron chi connectivity index (χ1n) is 17.0. The van der Waals surface area contributed by atoms with E-state index in [4.69, 9.17) is 18.6 Å². The lowest BCUT2D eigenvalue weighted by molar-refractivity contribution is -0.124. The second-order valence-electron chi connectivity index (χ2n) is 13.5. The lowest BCUT2D eigenvalue weighted by Gasteiger charge is -2.36. The molecule has 0 unspecified atom stereocenters.